The summed E-state index contributed by atoms with van der Waals surface area (Å²) in [5.41, 5.74) is 3.26. The van der Waals surface area contributed by atoms with E-state index in [1.807, 2.05) is 12.1 Å². The number of phenolic OH excluding ortho intramolecular Hbond substituents is 1. The first-order chi connectivity index (χ1) is 14.5. The lowest BCUT2D eigenvalue weighted by atomic mass is 9.63. The summed E-state index contributed by atoms with van der Waals surface area (Å²) in [6.45, 7) is 12.3. The first kappa shape index (κ1) is 22.6. The van der Waals surface area contributed by atoms with Crippen molar-refractivity contribution in [1.29, 1.82) is 0 Å². The minimum absolute atomic E-state index is 0.0177. The maximum absolute atomic E-state index is 12.8. The Bertz CT molecular complexity index is 1020. The van der Waals surface area contributed by atoms with E-state index in [0.29, 0.717) is 11.3 Å². The topological polar surface area (TPSA) is 72.8 Å². The highest BCUT2D eigenvalue weighted by Crippen LogP contribution is 2.45. The van der Waals surface area contributed by atoms with Crippen LogP contribution in [-0.4, -0.2) is 30.1 Å². The van der Waals surface area contributed by atoms with Crippen LogP contribution in [0, 0.1) is 0 Å². The van der Waals surface area contributed by atoms with Gasteiger partial charge in [-0.3, -0.25) is 4.79 Å². The molecule has 2 aromatic rings. The van der Waals surface area contributed by atoms with E-state index in [-0.39, 0.29) is 41.1 Å². The van der Waals surface area contributed by atoms with E-state index >= 15 is 0 Å². The van der Waals surface area contributed by atoms with Gasteiger partial charge in [0.15, 0.2) is 12.4 Å². The van der Waals surface area contributed by atoms with Crippen molar-refractivity contribution in [3.8, 4) is 11.5 Å². The number of hydrogen-bond donors (Lipinski definition) is 1. The molecule has 0 atom stereocenters. The van der Waals surface area contributed by atoms with Gasteiger partial charge in [-0.15, -0.1) is 0 Å². The quantitative estimate of drug-likeness (QED) is 0.370. The molecular weight excluding hydrogens is 392 g/mol. The molecule has 0 fully saturated rings. The minimum atomic E-state index is -0.653. The Kier molecular flexibility index (Phi) is 6.25. The standard InChI is InChI=1S/C26H30O5/c1-6-13-30-24(29)19-9-8-18(15-22(19)27)31-16-23(28)17-7-10-20-21(14-17)26(4,5)12-11-25(20,2)3/h6-10,14-15,27H,1,11-13,16H2,2-5H3. The van der Waals surface area contributed by atoms with Crippen LogP contribution in [0.1, 0.15) is 72.4 Å². The van der Waals surface area contributed by atoms with Crippen LogP contribution in [0.3, 0.4) is 0 Å². The van der Waals surface area contributed by atoms with Gasteiger partial charge in [-0.05, 0) is 53.0 Å². The van der Waals surface area contributed by atoms with Crippen molar-refractivity contribution in [2.24, 2.45) is 0 Å². The average Bonchev–Trinajstić information content (AvgIpc) is 2.73. The van der Waals surface area contributed by atoms with E-state index in [4.69, 9.17) is 9.47 Å². The molecule has 1 aliphatic rings. The number of benzene rings is 2. The average molecular weight is 423 g/mol. The summed E-state index contributed by atoms with van der Waals surface area (Å²) >= 11 is 0. The number of ether oxygens (including phenoxy) is 2. The van der Waals surface area contributed by atoms with Gasteiger partial charge < -0.3 is 14.6 Å². The second-order valence-electron chi connectivity index (χ2n) is 9.31. The first-order valence-electron chi connectivity index (χ1n) is 10.5. The highest BCUT2D eigenvalue weighted by molar-refractivity contribution is 5.97. The van der Waals surface area contributed by atoms with E-state index in [2.05, 4.69) is 40.3 Å². The Labute approximate surface area is 183 Å². The smallest absolute Gasteiger partial charge is 0.342 e. The zero-order valence-electron chi connectivity index (χ0n) is 18.7. The van der Waals surface area contributed by atoms with Gasteiger partial charge in [0.05, 0.1) is 0 Å². The normalized spacial score (nSPS) is 16.1. The Hall–Kier alpha value is -3.08. The minimum Gasteiger partial charge on any atom is -0.507 e. The first-order valence-corrected chi connectivity index (χ1v) is 10.5. The summed E-state index contributed by atoms with van der Waals surface area (Å²) < 4.78 is 10.5. The molecular formula is C26H30O5. The van der Waals surface area contributed by atoms with Crippen molar-refractivity contribution in [2.75, 3.05) is 13.2 Å². The predicted molar refractivity (Wildman–Crippen MR) is 120 cm³/mol. The van der Waals surface area contributed by atoms with Gasteiger partial charge >= 0.3 is 5.97 Å². The number of rotatable bonds is 7. The molecule has 5 nitrogen and oxygen atoms in total. The van der Waals surface area contributed by atoms with Gasteiger partial charge in [0.1, 0.15) is 23.7 Å². The lowest BCUT2D eigenvalue weighted by molar-refractivity contribution is 0.0546. The van der Waals surface area contributed by atoms with Crippen LogP contribution in [0.4, 0.5) is 0 Å². The summed E-state index contributed by atoms with van der Waals surface area (Å²) in [5, 5.41) is 10.1. The number of esters is 1. The lowest BCUT2D eigenvalue weighted by Crippen LogP contribution is -2.34. The highest BCUT2D eigenvalue weighted by atomic mass is 16.5. The van der Waals surface area contributed by atoms with Crippen LogP contribution in [0.25, 0.3) is 0 Å². The maximum Gasteiger partial charge on any atom is 0.342 e. The molecule has 2 aromatic carbocycles. The molecule has 0 heterocycles. The fraction of sp³-hybridized carbons (Fsp3) is 0.385. The number of ketones is 1. The van der Waals surface area contributed by atoms with Gasteiger partial charge in [0, 0.05) is 11.6 Å². The zero-order chi connectivity index (χ0) is 22.8. The van der Waals surface area contributed by atoms with Crippen LogP contribution in [-0.2, 0) is 15.6 Å². The number of hydrogen-bond acceptors (Lipinski definition) is 5. The van der Waals surface area contributed by atoms with Crippen LogP contribution >= 0.6 is 0 Å². The van der Waals surface area contributed by atoms with Gasteiger partial charge in [-0.1, -0.05) is 52.5 Å². The SMILES string of the molecule is C=CCOC(=O)c1ccc(OCC(=O)c2ccc3c(c2)C(C)(C)CCC3(C)C)cc1O. The third-order valence-corrected chi connectivity index (χ3v) is 6.07. The molecule has 3 rings (SSSR count). The number of aromatic hydroxyl groups is 1. The highest BCUT2D eigenvalue weighted by Gasteiger charge is 2.37. The Morgan fingerprint density at radius 2 is 1.71 bits per heavy atom. The summed E-state index contributed by atoms with van der Waals surface area (Å²) in [4.78, 5) is 24.7. The van der Waals surface area contributed by atoms with Crippen molar-refractivity contribution in [3.05, 3.63) is 71.3 Å². The van der Waals surface area contributed by atoms with Crippen molar-refractivity contribution in [3.63, 3.8) is 0 Å². The number of Topliss-reactive ketones (excluding diaryl/α,β-unsaturated/α-hetero) is 1. The molecule has 0 spiro atoms. The molecule has 0 radical (unpaired) electrons. The molecule has 0 saturated carbocycles. The summed E-state index contributed by atoms with van der Waals surface area (Å²) in [6.07, 6.45) is 3.63. The second-order valence-corrected chi connectivity index (χ2v) is 9.31. The van der Waals surface area contributed by atoms with Gasteiger partial charge in [0.25, 0.3) is 0 Å². The number of phenols is 1. The van der Waals surface area contributed by atoms with Gasteiger partial charge in [-0.2, -0.15) is 0 Å². The van der Waals surface area contributed by atoms with E-state index in [1.165, 1.54) is 35.4 Å². The fourth-order valence-electron chi connectivity index (χ4n) is 3.98. The van der Waals surface area contributed by atoms with Gasteiger partial charge in [-0.25, -0.2) is 4.79 Å². The van der Waals surface area contributed by atoms with Gasteiger partial charge in [0.2, 0.25) is 0 Å². The number of carbonyl (C=O) groups excluding carboxylic acids is 2. The van der Waals surface area contributed by atoms with E-state index < -0.39 is 5.97 Å². The lowest BCUT2D eigenvalue weighted by Gasteiger charge is -2.42. The summed E-state index contributed by atoms with van der Waals surface area (Å²) in [7, 11) is 0. The van der Waals surface area contributed by atoms with Crippen molar-refractivity contribution in [2.45, 2.75) is 51.4 Å². The molecule has 0 unspecified atom stereocenters. The Morgan fingerprint density at radius 1 is 1.03 bits per heavy atom. The largest absolute Gasteiger partial charge is 0.507 e. The third kappa shape index (κ3) is 4.82. The zero-order valence-corrected chi connectivity index (χ0v) is 18.7. The van der Waals surface area contributed by atoms with Crippen LogP contribution in [0.5, 0.6) is 11.5 Å². The third-order valence-electron chi connectivity index (χ3n) is 6.07. The number of fused-ring (bicyclic) bond motifs is 1. The monoisotopic (exact) mass is 422 g/mol. The fourth-order valence-corrected chi connectivity index (χ4v) is 3.98. The van der Waals surface area contributed by atoms with Crippen LogP contribution < -0.4 is 4.74 Å². The number of carbonyl (C=O) groups is 2. The molecule has 1 aliphatic carbocycles. The second kappa shape index (κ2) is 8.58. The molecule has 0 saturated heterocycles. The van der Waals surface area contributed by atoms with E-state index in [0.717, 1.165) is 12.8 Å². The Balaban J connectivity index is 1.72. The molecule has 5 heteroatoms. The maximum atomic E-state index is 12.8. The summed E-state index contributed by atoms with van der Waals surface area (Å²) in [5.74, 6) is -0.766. The molecule has 1 N–H and O–H groups in total. The van der Waals surface area contributed by atoms with Crippen LogP contribution in [0.15, 0.2) is 49.1 Å². The van der Waals surface area contributed by atoms with Crippen molar-refractivity contribution < 1.29 is 24.2 Å². The van der Waals surface area contributed by atoms with E-state index in [1.54, 1.807) is 0 Å². The van der Waals surface area contributed by atoms with Crippen LogP contribution in [0.2, 0.25) is 0 Å². The molecule has 31 heavy (non-hydrogen) atoms. The molecule has 164 valence electrons. The molecule has 0 aliphatic heterocycles. The predicted octanol–water partition coefficient (Wildman–Crippen LogP) is 5.35. The van der Waals surface area contributed by atoms with Crippen molar-refractivity contribution >= 4 is 11.8 Å². The van der Waals surface area contributed by atoms with Crippen molar-refractivity contribution in [1.82, 2.24) is 0 Å². The molecule has 0 amide bonds. The molecule has 0 bridgehead atoms. The van der Waals surface area contributed by atoms with E-state index in [9.17, 15) is 14.7 Å². The Morgan fingerprint density at radius 3 is 2.35 bits per heavy atom. The summed E-state index contributed by atoms with van der Waals surface area (Å²) in [6, 6.07) is 10.2. The molecule has 0 aromatic heterocycles.